The number of imidazole rings is 1. The largest absolute Gasteiger partial charge is 0.494 e. The molecule has 0 radical (unpaired) electrons. The summed E-state index contributed by atoms with van der Waals surface area (Å²) in [6.45, 7) is 4.44. The van der Waals surface area contributed by atoms with Crippen LogP contribution in [-0.4, -0.2) is 27.1 Å². The van der Waals surface area contributed by atoms with Crippen molar-refractivity contribution in [2.24, 2.45) is 10.2 Å². The first kappa shape index (κ1) is 16.6. The molecule has 0 fully saturated rings. The van der Waals surface area contributed by atoms with Gasteiger partial charge in [0.2, 0.25) is 0 Å². The predicted molar refractivity (Wildman–Crippen MR) is 93.1 cm³/mol. The number of benzene rings is 1. The Balaban J connectivity index is 1.98. The van der Waals surface area contributed by atoms with Crippen molar-refractivity contribution >= 4 is 23.1 Å². The third-order valence-electron chi connectivity index (χ3n) is 3.62. The van der Waals surface area contributed by atoms with Crippen LogP contribution in [-0.2, 0) is 11.2 Å². The van der Waals surface area contributed by atoms with Gasteiger partial charge < -0.3 is 9.84 Å². The van der Waals surface area contributed by atoms with E-state index in [9.17, 15) is 4.79 Å². The van der Waals surface area contributed by atoms with Crippen LogP contribution < -0.4 is 4.74 Å². The van der Waals surface area contributed by atoms with Crippen LogP contribution in [0.4, 0.5) is 11.5 Å². The lowest BCUT2D eigenvalue weighted by molar-refractivity contribution is -0.136. The molecule has 25 heavy (non-hydrogen) atoms. The lowest BCUT2D eigenvalue weighted by atomic mass is 10.3. The Hall–Kier alpha value is -3.22. The number of aromatic nitrogens is 2. The summed E-state index contributed by atoms with van der Waals surface area (Å²) in [7, 11) is 0. The zero-order chi connectivity index (χ0) is 17.8. The SMILES string of the molecule is CCOc1ccc(N=Nc2c(CC(=O)O)nc3c(C)cccn23)cc1. The van der Waals surface area contributed by atoms with Crippen molar-refractivity contribution in [1.82, 2.24) is 9.38 Å². The number of ether oxygens (including phenoxy) is 1. The minimum Gasteiger partial charge on any atom is -0.494 e. The molecule has 7 heteroatoms. The molecule has 0 saturated heterocycles. The number of carbonyl (C=O) groups is 1. The topological polar surface area (TPSA) is 88.5 Å². The van der Waals surface area contributed by atoms with Gasteiger partial charge in [-0.05, 0) is 49.7 Å². The fraction of sp³-hybridized carbons (Fsp3) is 0.222. The van der Waals surface area contributed by atoms with E-state index in [4.69, 9.17) is 9.84 Å². The van der Waals surface area contributed by atoms with E-state index in [0.717, 1.165) is 11.3 Å². The second kappa shape index (κ2) is 7.12. The van der Waals surface area contributed by atoms with Crippen LogP contribution in [0, 0.1) is 6.92 Å². The number of fused-ring (bicyclic) bond motifs is 1. The molecule has 0 aliphatic rings. The number of hydrogen-bond acceptors (Lipinski definition) is 5. The molecule has 128 valence electrons. The summed E-state index contributed by atoms with van der Waals surface area (Å²) in [6, 6.07) is 11.0. The zero-order valence-electron chi connectivity index (χ0n) is 14.0. The van der Waals surface area contributed by atoms with Gasteiger partial charge in [0.15, 0.2) is 5.82 Å². The number of aliphatic carboxylic acids is 1. The molecule has 3 rings (SSSR count). The highest BCUT2D eigenvalue weighted by Gasteiger charge is 2.15. The molecule has 1 N–H and O–H groups in total. The van der Waals surface area contributed by atoms with Gasteiger partial charge in [-0.3, -0.25) is 9.20 Å². The molecule has 2 aromatic heterocycles. The summed E-state index contributed by atoms with van der Waals surface area (Å²) in [5.74, 6) is 0.229. The number of nitrogens with zero attached hydrogens (tertiary/aromatic N) is 4. The van der Waals surface area contributed by atoms with Gasteiger partial charge in [-0.15, -0.1) is 10.2 Å². The number of pyridine rings is 1. The number of aryl methyl sites for hydroxylation is 1. The van der Waals surface area contributed by atoms with Gasteiger partial charge >= 0.3 is 5.97 Å². The van der Waals surface area contributed by atoms with Gasteiger partial charge in [0.1, 0.15) is 11.4 Å². The molecule has 1 aromatic carbocycles. The average Bonchev–Trinajstić information content (AvgIpc) is 2.93. The van der Waals surface area contributed by atoms with Crippen molar-refractivity contribution in [3.63, 3.8) is 0 Å². The van der Waals surface area contributed by atoms with Crippen molar-refractivity contribution < 1.29 is 14.6 Å². The van der Waals surface area contributed by atoms with Gasteiger partial charge in [0.25, 0.3) is 0 Å². The van der Waals surface area contributed by atoms with Gasteiger partial charge in [-0.1, -0.05) is 6.07 Å². The maximum absolute atomic E-state index is 11.1. The van der Waals surface area contributed by atoms with Crippen molar-refractivity contribution in [2.45, 2.75) is 20.3 Å². The van der Waals surface area contributed by atoms with Crippen LogP contribution in [0.25, 0.3) is 5.65 Å². The fourth-order valence-corrected chi connectivity index (χ4v) is 2.49. The van der Waals surface area contributed by atoms with Gasteiger partial charge in [-0.25, -0.2) is 4.98 Å². The minimum absolute atomic E-state index is 0.210. The quantitative estimate of drug-likeness (QED) is 0.686. The van der Waals surface area contributed by atoms with Gasteiger partial charge in [0, 0.05) is 6.20 Å². The second-order valence-electron chi connectivity index (χ2n) is 5.46. The van der Waals surface area contributed by atoms with E-state index < -0.39 is 5.97 Å². The van der Waals surface area contributed by atoms with E-state index in [1.54, 1.807) is 22.7 Å². The highest BCUT2D eigenvalue weighted by Crippen LogP contribution is 2.26. The van der Waals surface area contributed by atoms with Crippen LogP contribution >= 0.6 is 0 Å². The first-order valence-corrected chi connectivity index (χ1v) is 7.91. The molecule has 0 spiro atoms. The van der Waals surface area contributed by atoms with E-state index in [0.29, 0.717) is 29.5 Å². The minimum atomic E-state index is -0.960. The average molecular weight is 338 g/mol. The lowest BCUT2D eigenvalue weighted by Gasteiger charge is -2.02. The molecule has 0 aliphatic carbocycles. The van der Waals surface area contributed by atoms with Crippen LogP contribution in [0.5, 0.6) is 5.75 Å². The molecule has 0 saturated carbocycles. The first-order chi connectivity index (χ1) is 12.1. The van der Waals surface area contributed by atoms with E-state index in [-0.39, 0.29) is 6.42 Å². The molecule has 7 nitrogen and oxygen atoms in total. The monoisotopic (exact) mass is 338 g/mol. The Morgan fingerprint density at radius 1 is 1.24 bits per heavy atom. The van der Waals surface area contributed by atoms with Crippen LogP contribution in [0.15, 0.2) is 52.8 Å². The Morgan fingerprint density at radius 3 is 2.68 bits per heavy atom. The highest BCUT2D eigenvalue weighted by atomic mass is 16.5. The molecular weight excluding hydrogens is 320 g/mol. The maximum Gasteiger partial charge on any atom is 0.309 e. The Bertz CT molecular complexity index is 929. The number of azo groups is 1. The molecule has 0 atom stereocenters. The maximum atomic E-state index is 11.1. The third kappa shape index (κ3) is 3.65. The molecule has 2 heterocycles. The smallest absolute Gasteiger partial charge is 0.309 e. The van der Waals surface area contributed by atoms with Crippen molar-refractivity contribution in [3.8, 4) is 5.75 Å². The summed E-state index contributed by atoms with van der Waals surface area (Å²) in [5, 5.41) is 17.6. The molecule has 0 unspecified atom stereocenters. The van der Waals surface area contributed by atoms with Gasteiger partial charge in [0.05, 0.1) is 24.4 Å². The van der Waals surface area contributed by atoms with E-state index >= 15 is 0 Å². The number of carboxylic acids is 1. The first-order valence-electron chi connectivity index (χ1n) is 7.91. The molecule has 0 amide bonds. The normalized spacial score (nSPS) is 11.3. The summed E-state index contributed by atoms with van der Waals surface area (Å²) in [6.07, 6.45) is 1.59. The highest BCUT2D eigenvalue weighted by molar-refractivity contribution is 5.72. The van der Waals surface area contributed by atoms with Crippen LogP contribution in [0.2, 0.25) is 0 Å². The number of carboxylic acid groups (broad SMARTS) is 1. The summed E-state index contributed by atoms with van der Waals surface area (Å²) in [5.41, 5.74) is 2.65. The number of hydrogen-bond donors (Lipinski definition) is 1. The zero-order valence-corrected chi connectivity index (χ0v) is 14.0. The predicted octanol–water partition coefficient (Wildman–Crippen LogP) is 4.08. The van der Waals surface area contributed by atoms with Crippen molar-refractivity contribution in [3.05, 3.63) is 53.9 Å². The Kier molecular flexibility index (Phi) is 4.74. The molecule has 3 aromatic rings. The second-order valence-corrected chi connectivity index (χ2v) is 5.46. The fourth-order valence-electron chi connectivity index (χ4n) is 2.49. The lowest BCUT2D eigenvalue weighted by Crippen LogP contribution is -2.00. The van der Waals surface area contributed by atoms with E-state index in [1.165, 1.54) is 0 Å². The van der Waals surface area contributed by atoms with Crippen LogP contribution in [0.1, 0.15) is 18.2 Å². The summed E-state index contributed by atoms with van der Waals surface area (Å²) < 4.78 is 7.15. The Morgan fingerprint density at radius 2 is 2.00 bits per heavy atom. The molecular formula is C18H18N4O3. The van der Waals surface area contributed by atoms with E-state index in [1.807, 2.05) is 38.1 Å². The van der Waals surface area contributed by atoms with Crippen LogP contribution in [0.3, 0.4) is 0 Å². The molecule has 0 aliphatic heterocycles. The summed E-state index contributed by atoms with van der Waals surface area (Å²) in [4.78, 5) is 15.5. The van der Waals surface area contributed by atoms with Crippen molar-refractivity contribution in [2.75, 3.05) is 6.61 Å². The standard InChI is InChI=1S/C18H18N4O3/c1-3-25-14-8-6-13(7-9-14)20-21-18-15(11-16(23)24)19-17-12(2)5-4-10-22(17)18/h4-10H,3,11H2,1-2H3,(H,23,24). The Labute approximate surface area is 144 Å². The van der Waals surface area contributed by atoms with E-state index in [2.05, 4.69) is 15.2 Å². The van der Waals surface area contributed by atoms with Crippen molar-refractivity contribution in [1.29, 1.82) is 0 Å². The van der Waals surface area contributed by atoms with Gasteiger partial charge in [-0.2, -0.15) is 0 Å². The third-order valence-corrected chi connectivity index (χ3v) is 3.62. The summed E-state index contributed by atoms with van der Waals surface area (Å²) >= 11 is 0. The molecule has 0 bridgehead atoms. The number of rotatable bonds is 6.